The molecule has 0 N–H and O–H groups in total. The summed E-state index contributed by atoms with van der Waals surface area (Å²) in [5, 5.41) is 2.53. The van der Waals surface area contributed by atoms with Crippen LogP contribution in [0, 0.1) is 0 Å². The minimum atomic E-state index is 0.762. The van der Waals surface area contributed by atoms with Crippen LogP contribution in [0.2, 0.25) is 0 Å². The van der Waals surface area contributed by atoms with E-state index in [-0.39, 0.29) is 0 Å². The predicted molar refractivity (Wildman–Crippen MR) is 288 cm³/mol. The fourth-order valence-electron chi connectivity index (χ4n) is 9.29. The van der Waals surface area contributed by atoms with Crippen LogP contribution < -0.4 is 4.90 Å². The summed E-state index contributed by atoms with van der Waals surface area (Å²) in [5.41, 5.74) is 19.2. The van der Waals surface area contributed by atoms with Gasteiger partial charge < -0.3 is 9.47 Å². The molecule has 0 amide bonds. The normalized spacial score (nSPS) is 13.6. The van der Waals surface area contributed by atoms with Crippen LogP contribution in [0.5, 0.6) is 0 Å². The molecule has 324 valence electrons. The summed E-state index contributed by atoms with van der Waals surface area (Å²) in [6.07, 6.45) is 22.7. The van der Waals surface area contributed by atoms with Crippen molar-refractivity contribution in [1.82, 2.24) is 4.57 Å². The molecule has 0 bridgehead atoms. The highest BCUT2D eigenvalue weighted by atomic mass is 15.1. The van der Waals surface area contributed by atoms with E-state index in [1.54, 1.807) is 0 Å². The number of allylic oxidation sites excluding steroid dienone is 11. The number of fused-ring (bicyclic) bond motifs is 3. The lowest BCUT2D eigenvalue weighted by molar-refractivity contribution is 1.14. The Labute approximate surface area is 395 Å². The highest BCUT2D eigenvalue weighted by Crippen LogP contribution is 2.39. The summed E-state index contributed by atoms with van der Waals surface area (Å²) in [6, 6.07) is 72.9. The van der Waals surface area contributed by atoms with Gasteiger partial charge in [-0.25, -0.2) is 0 Å². The molecule has 1 heterocycles. The van der Waals surface area contributed by atoms with Crippen LogP contribution in [0.1, 0.15) is 37.8 Å². The van der Waals surface area contributed by atoms with E-state index in [2.05, 4.69) is 278 Å². The van der Waals surface area contributed by atoms with Gasteiger partial charge in [-0.05, 0) is 143 Å². The van der Waals surface area contributed by atoms with Crippen LogP contribution in [-0.2, 0) is 6.42 Å². The Morgan fingerprint density at radius 2 is 1.22 bits per heavy atom. The van der Waals surface area contributed by atoms with Gasteiger partial charge in [0.2, 0.25) is 0 Å². The van der Waals surface area contributed by atoms with Crippen molar-refractivity contribution in [3.05, 3.63) is 277 Å². The van der Waals surface area contributed by atoms with Crippen LogP contribution in [0.3, 0.4) is 0 Å². The van der Waals surface area contributed by atoms with Gasteiger partial charge in [-0.1, -0.05) is 201 Å². The number of rotatable bonds is 13. The molecule has 67 heavy (non-hydrogen) atoms. The Morgan fingerprint density at radius 1 is 0.582 bits per heavy atom. The maximum atomic E-state index is 2.41. The summed E-state index contributed by atoms with van der Waals surface area (Å²) < 4.78 is 2.39. The topological polar surface area (TPSA) is 8.17 Å². The lowest BCUT2D eigenvalue weighted by Gasteiger charge is -2.27. The van der Waals surface area contributed by atoms with Crippen LogP contribution >= 0.6 is 0 Å². The van der Waals surface area contributed by atoms with Crippen molar-refractivity contribution in [3.8, 4) is 39.1 Å². The molecule has 0 fully saturated rings. The molecular formula is C65H54N2. The molecule has 8 aromatic carbocycles. The summed E-state index contributed by atoms with van der Waals surface area (Å²) in [7, 11) is 0. The first-order valence-electron chi connectivity index (χ1n) is 23.5. The molecule has 9 aromatic rings. The lowest BCUT2D eigenvalue weighted by Crippen LogP contribution is -2.15. The summed E-state index contributed by atoms with van der Waals surface area (Å²) in [6.45, 7) is 4.40. The number of nitrogens with zero attached hydrogens (tertiary/aromatic N) is 2. The molecule has 0 saturated heterocycles. The maximum Gasteiger partial charge on any atom is 0.0547 e. The second kappa shape index (κ2) is 19.9. The first-order chi connectivity index (χ1) is 33.1. The third-order valence-electron chi connectivity index (χ3n) is 12.7. The van der Waals surface area contributed by atoms with Crippen LogP contribution in [-0.4, -0.2) is 4.57 Å². The number of aromatic nitrogens is 1. The zero-order valence-corrected chi connectivity index (χ0v) is 38.3. The molecule has 0 aliphatic heterocycles. The van der Waals surface area contributed by atoms with Crippen LogP contribution in [0.4, 0.5) is 11.4 Å². The van der Waals surface area contributed by atoms with Gasteiger partial charge in [0, 0.05) is 33.5 Å². The van der Waals surface area contributed by atoms with Gasteiger partial charge in [-0.3, -0.25) is 0 Å². The zero-order chi connectivity index (χ0) is 45.4. The number of hydrogen-bond donors (Lipinski definition) is 0. The average molecular weight is 863 g/mol. The Kier molecular flexibility index (Phi) is 12.7. The van der Waals surface area contributed by atoms with Crippen molar-refractivity contribution in [2.75, 3.05) is 4.90 Å². The molecule has 10 rings (SSSR count). The second-order valence-corrected chi connectivity index (χ2v) is 17.2. The quantitative estimate of drug-likeness (QED) is 0.105. The van der Waals surface area contributed by atoms with E-state index in [9.17, 15) is 0 Å². The van der Waals surface area contributed by atoms with Crippen LogP contribution in [0.25, 0.3) is 66.4 Å². The molecule has 1 aromatic heterocycles. The Morgan fingerprint density at radius 3 is 1.97 bits per heavy atom. The average Bonchev–Trinajstić information content (AvgIpc) is 3.74. The molecule has 1 aliphatic carbocycles. The van der Waals surface area contributed by atoms with Crippen molar-refractivity contribution in [3.63, 3.8) is 0 Å². The molecule has 2 nitrogen and oxygen atoms in total. The fraction of sp³-hybridized carbons (Fsp3) is 0.0769. The molecular weight excluding hydrogens is 809 g/mol. The third kappa shape index (κ3) is 9.34. The van der Waals surface area contributed by atoms with Crippen molar-refractivity contribution in [2.45, 2.75) is 33.1 Å². The van der Waals surface area contributed by atoms with E-state index in [0.29, 0.717) is 0 Å². The molecule has 0 atom stereocenters. The van der Waals surface area contributed by atoms with Gasteiger partial charge in [0.15, 0.2) is 0 Å². The van der Waals surface area contributed by atoms with Crippen molar-refractivity contribution in [2.24, 2.45) is 0 Å². The number of para-hydroxylation sites is 2. The molecule has 0 saturated carbocycles. The smallest absolute Gasteiger partial charge is 0.0547 e. The highest BCUT2D eigenvalue weighted by molar-refractivity contribution is 6.15. The first kappa shape index (κ1) is 42.7. The fourth-order valence-corrected chi connectivity index (χ4v) is 9.29. The van der Waals surface area contributed by atoms with E-state index in [1.165, 1.54) is 77.5 Å². The summed E-state index contributed by atoms with van der Waals surface area (Å²) >= 11 is 0. The lowest BCUT2D eigenvalue weighted by atomic mass is 9.97. The monoisotopic (exact) mass is 862 g/mol. The van der Waals surface area contributed by atoms with E-state index in [4.69, 9.17) is 0 Å². The zero-order valence-electron chi connectivity index (χ0n) is 38.3. The van der Waals surface area contributed by atoms with Gasteiger partial charge in [0.1, 0.15) is 0 Å². The van der Waals surface area contributed by atoms with Gasteiger partial charge in [0.25, 0.3) is 0 Å². The van der Waals surface area contributed by atoms with E-state index in [1.807, 2.05) is 0 Å². The molecule has 0 unspecified atom stereocenters. The number of hydrogen-bond acceptors (Lipinski definition) is 1. The van der Waals surface area contributed by atoms with E-state index < -0.39 is 0 Å². The summed E-state index contributed by atoms with van der Waals surface area (Å²) in [5.74, 6) is 0. The van der Waals surface area contributed by atoms with E-state index in [0.717, 1.165) is 42.0 Å². The van der Waals surface area contributed by atoms with Crippen molar-refractivity contribution in [1.29, 1.82) is 0 Å². The van der Waals surface area contributed by atoms with Gasteiger partial charge in [-0.15, -0.1) is 0 Å². The minimum Gasteiger partial charge on any atom is -0.311 e. The molecule has 0 spiro atoms. The van der Waals surface area contributed by atoms with Crippen molar-refractivity contribution >= 4 is 38.8 Å². The van der Waals surface area contributed by atoms with Gasteiger partial charge in [0.05, 0.1) is 11.0 Å². The Balaban J connectivity index is 1.02. The Bertz CT molecular complexity index is 3350. The SMILES string of the molecule is CC/C=C\C(=C/Cc1cccc(-c2cccc3c2c2ccccc2n3-c2ccccc2)c1)N(c1ccc(/C(C)=C/C=C2/C=CC=CC2)cc1)c1ccc(-c2cccc(-c3ccccc3)c2)cc1. The van der Waals surface area contributed by atoms with Gasteiger partial charge >= 0.3 is 0 Å². The second-order valence-electron chi connectivity index (χ2n) is 17.2. The van der Waals surface area contributed by atoms with E-state index >= 15 is 0 Å². The summed E-state index contributed by atoms with van der Waals surface area (Å²) in [4.78, 5) is 2.41. The Hall–Kier alpha value is -8.20. The standard InChI is InChI=1S/C65H54N2/c1-3-4-27-58(41-36-50-21-16-26-56(46-50)61-31-18-33-64-65(61)62-30-14-15-32-63(62)67(64)57-28-12-7-13-29-57)66(59-42-37-51(38-43-59)48(2)34-35-49-19-8-5-9-20-49)60-44-39-53(40-45-60)55-25-17-24-54(47-55)52-22-10-6-11-23-52/h4-19,21-35,37-47H,3,20,36H2,1-2H3/b27-4-,48-34+,49-35-,58-41+. The third-order valence-corrected chi connectivity index (χ3v) is 12.7. The predicted octanol–water partition coefficient (Wildman–Crippen LogP) is 17.9. The highest BCUT2D eigenvalue weighted by Gasteiger charge is 2.17. The van der Waals surface area contributed by atoms with Gasteiger partial charge in [-0.2, -0.15) is 0 Å². The molecule has 1 aliphatic rings. The number of anilines is 2. The number of benzene rings is 8. The molecule has 0 radical (unpaired) electrons. The molecule has 2 heteroatoms. The first-order valence-corrected chi connectivity index (χ1v) is 23.5. The largest absolute Gasteiger partial charge is 0.311 e. The maximum absolute atomic E-state index is 2.41. The van der Waals surface area contributed by atoms with Crippen molar-refractivity contribution < 1.29 is 0 Å². The van der Waals surface area contributed by atoms with Crippen LogP contribution in [0.15, 0.2) is 266 Å². The minimum absolute atomic E-state index is 0.762.